The summed E-state index contributed by atoms with van der Waals surface area (Å²) in [6.07, 6.45) is 7.17. The second kappa shape index (κ2) is 6.28. The Balaban J connectivity index is 1.80. The van der Waals surface area contributed by atoms with Gasteiger partial charge in [0.15, 0.2) is 0 Å². The van der Waals surface area contributed by atoms with Crippen LogP contribution in [0.4, 0.5) is 0 Å². The van der Waals surface area contributed by atoms with Crippen LogP contribution in [0, 0.1) is 5.92 Å². The van der Waals surface area contributed by atoms with Crippen LogP contribution in [0.3, 0.4) is 0 Å². The Morgan fingerprint density at radius 1 is 1.05 bits per heavy atom. The van der Waals surface area contributed by atoms with E-state index in [1.54, 1.807) is 0 Å². The summed E-state index contributed by atoms with van der Waals surface area (Å²) in [6, 6.07) is 12.4. The van der Waals surface area contributed by atoms with Crippen LogP contribution in [0.25, 0.3) is 10.8 Å². The molecule has 20 heavy (non-hydrogen) atoms. The Labute approximate surface area is 129 Å². The van der Waals surface area contributed by atoms with Crippen molar-refractivity contribution in [3.05, 3.63) is 46.4 Å². The normalized spacial score (nSPS) is 17.7. The largest absolute Gasteiger partial charge is 0.388 e. The number of rotatable bonds is 4. The fourth-order valence-electron chi connectivity index (χ4n) is 3.42. The van der Waals surface area contributed by atoms with Gasteiger partial charge in [-0.1, -0.05) is 71.9 Å². The van der Waals surface area contributed by atoms with Gasteiger partial charge in [0, 0.05) is 4.47 Å². The highest BCUT2D eigenvalue weighted by molar-refractivity contribution is 9.10. The minimum absolute atomic E-state index is 0.339. The molecular formula is C18H21BrO. The van der Waals surface area contributed by atoms with Crippen molar-refractivity contribution in [2.45, 2.75) is 44.6 Å². The number of aliphatic hydroxyl groups is 1. The summed E-state index contributed by atoms with van der Waals surface area (Å²) in [5.41, 5.74) is 1.07. The monoisotopic (exact) mass is 332 g/mol. The molecule has 1 atom stereocenters. The van der Waals surface area contributed by atoms with Crippen molar-refractivity contribution < 1.29 is 5.11 Å². The van der Waals surface area contributed by atoms with Gasteiger partial charge in [-0.05, 0) is 41.2 Å². The van der Waals surface area contributed by atoms with E-state index in [-0.39, 0.29) is 6.10 Å². The fraction of sp³-hybridized carbons (Fsp3) is 0.444. The molecule has 1 aliphatic rings. The fourth-order valence-corrected chi connectivity index (χ4v) is 3.90. The number of benzene rings is 2. The molecule has 1 nitrogen and oxygen atoms in total. The molecule has 2 aromatic carbocycles. The van der Waals surface area contributed by atoms with Crippen molar-refractivity contribution in [3.63, 3.8) is 0 Å². The van der Waals surface area contributed by atoms with Gasteiger partial charge in [0.1, 0.15) is 0 Å². The lowest BCUT2D eigenvalue weighted by atomic mass is 9.94. The summed E-state index contributed by atoms with van der Waals surface area (Å²) < 4.78 is 1.10. The van der Waals surface area contributed by atoms with Crippen molar-refractivity contribution in [3.8, 4) is 0 Å². The summed E-state index contributed by atoms with van der Waals surface area (Å²) >= 11 is 3.59. The Hall–Kier alpha value is -0.860. The van der Waals surface area contributed by atoms with Gasteiger partial charge < -0.3 is 5.11 Å². The Morgan fingerprint density at radius 2 is 1.75 bits per heavy atom. The minimum atomic E-state index is -0.339. The van der Waals surface area contributed by atoms with Gasteiger partial charge in [0.2, 0.25) is 0 Å². The van der Waals surface area contributed by atoms with E-state index in [0.717, 1.165) is 28.8 Å². The molecule has 0 amide bonds. The lowest BCUT2D eigenvalue weighted by Gasteiger charge is -2.16. The van der Waals surface area contributed by atoms with Crippen molar-refractivity contribution in [1.82, 2.24) is 0 Å². The molecule has 1 saturated carbocycles. The first-order valence-electron chi connectivity index (χ1n) is 7.61. The van der Waals surface area contributed by atoms with Gasteiger partial charge in [-0.3, -0.25) is 0 Å². The summed E-state index contributed by atoms with van der Waals surface area (Å²) in [5.74, 6) is 0.839. The molecule has 2 aromatic rings. The van der Waals surface area contributed by atoms with Crippen LogP contribution in [0.1, 0.15) is 50.2 Å². The third-order valence-corrected chi connectivity index (χ3v) is 5.28. The first-order chi connectivity index (χ1) is 9.75. The van der Waals surface area contributed by atoms with E-state index in [1.165, 1.54) is 36.5 Å². The quantitative estimate of drug-likeness (QED) is 0.771. The molecule has 0 radical (unpaired) electrons. The first kappa shape index (κ1) is 14.1. The minimum Gasteiger partial charge on any atom is -0.388 e. The third-order valence-electron chi connectivity index (χ3n) is 4.59. The van der Waals surface area contributed by atoms with Crippen molar-refractivity contribution >= 4 is 26.7 Å². The lowest BCUT2D eigenvalue weighted by Crippen LogP contribution is -2.02. The van der Waals surface area contributed by atoms with E-state index in [4.69, 9.17) is 0 Å². The first-order valence-corrected chi connectivity index (χ1v) is 8.40. The van der Waals surface area contributed by atoms with Crippen LogP contribution in [0.2, 0.25) is 0 Å². The highest BCUT2D eigenvalue weighted by atomic mass is 79.9. The highest BCUT2D eigenvalue weighted by Gasteiger charge is 2.18. The molecule has 3 rings (SSSR count). The number of fused-ring (bicyclic) bond motifs is 1. The van der Waals surface area contributed by atoms with Crippen LogP contribution < -0.4 is 0 Å². The van der Waals surface area contributed by atoms with Crippen LogP contribution in [0.15, 0.2) is 40.9 Å². The molecule has 1 N–H and O–H groups in total. The maximum Gasteiger partial charge on any atom is 0.0796 e. The average Bonchev–Trinajstić information content (AvgIpc) is 2.99. The molecule has 1 aliphatic carbocycles. The molecule has 106 valence electrons. The average molecular weight is 333 g/mol. The zero-order valence-corrected chi connectivity index (χ0v) is 13.3. The molecule has 0 spiro atoms. The summed E-state index contributed by atoms with van der Waals surface area (Å²) in [6.45, 7) is 0. The zero-order valence-electron chi connectivity index (χ0n) is 11.7. The molecule has 0 heterocycles. The van der Waals surface area contributed by atoms with Crippen LogP contribution in [-0.4, -0.2) is 5.11 Å². The van der Waals surface area contributed by atoms with Gasteiger partial charge in [-0.2, -0.15) is 0 Å². The highest BCUT2D eigenvalue weighted by Crippen LogP contribution is 2.35. The van der Waals surface area contributed by atoms with E-state index >= 15 is 0 Å². The predicted molar refractivity (Wildman–Crippen MR) is 87.8 cm³/mol. The van der Waals surface area contributed by atoms with Gasteiger partial charge in [0.05, 0.1) is 6.10 Å². The zero-order chi connectivity index (χ0) is 13.9. The SMILES string of the molecule is OC(CCC1CCCC1)c1ccc(Br)c2ccccc12. The molecule has 1 unspecified atom stereocenters. The lowest BCUT2D eigenvalue weighted by molar-refractivity contribution is 0.158. The smallest absolute Gasteiger partial charge is 0.0796 e. The summed E-state index contributed by atoms with van der Waals surface area (Å²) in [7, 11) is 0. The van der Waals surface area contributed by atoms with Crippen LogP contribution >= 0.6 is 15.9 Å². The van der Waals surface area contributed by atoms with Crippen LogP contribution in [0.5, 0.6) is 0 Å². The van der Waals surface area contributed by atoms with E-state index in [1.807, 2.05) is 12.1 Å². The Morgan fingerprint density at radius 3 is 2.50 bits per heavy atom. The Bertz CT molecular complexity index is 587. The number of aliphatic hydroxyl groups excluding tert-OH is 1. The second-order valence-electron chi connectivity index (χ2n) is 5.93. The topological polar surface area (TPSA) is 20.2 Å². The molecular weight excluding hydrogens is 312 g/mol. The molecule has 0 bridgehead atoms. The van der Waals surface area contributed by atoms with E-state index in [0.29, 0.717) is 0 Å². The summed E-state index contributed by atoms with van der Waals surface area (Å²) in [5, 5.41) is 12.9. The van der Waals surface area contributed by atoms with Gasteiger partial charge in [0.25, 0.3) is 0 Å². The molecule has 0 aliphatic heterocycles. The summed E-state index contributed by atoms with van der Waals surface area (Å²) in [4.78, 5) is 0. The van der Waals surface area contributed by atoms with E-state index in [9.17, 15) is 5.11 Å². The van der Waals surface area contributed by atoms with E-state index < -0.39 is 0 Å². The molecule has 0 saturated heterocycles. The van der Waals surface area contributed by atoms with Gasteiger partial charge in [-0.15, -0.1) is 0 Å². The van der Waals surface area contributed by atoms with Gasteiger partial charge >= 0.3 is 0 Å². The van der Waals surface area contributed by atoms with Crippen molar-refractivity contribution in [2.75, 3.05) is 0 Å². The van der Waals surface area contributed by atoms with Crippen LogP contribution in [-0.2, 0) is 0 Å². The number of halogens is 1. The molecule has 1 fully saturated rings. The van der Waals surface area contributed by atoms with Gasteiger partial charge in [-0.25, -0.2) is 0 Å². The molecule has 0 aromatic heterocycles. The maximum absolute atomic E-state index is 10.6. The number of hydrogen-bond donors (Lipinski definition) is 1. The maximum atomic E-state index is 10.6. The Kier molecular flexibility index (Phi) is 4.42. The van der Waals surface area contributed by atoms with Crippen molar-refractivity contribution in [2.24, 2.45) is 5.92 Å². The molecule has 2 heteroatoms. The standard InChI is InChI=1S/C18H21BrO/c19-17-11-10-16(14-7-3-4-8-15(14)17)18(20)12-9-13-5-1-2-6-13/h3-4,7-8,10-11,13,18,20H,1-2,5-6,9,12H2. The third kappa shape index (κ3) is 2.91. The van der Waals surface area contributed by atoms with Crippen molar-refractivity contribution in [1.29, 1.82) is 0 Å². The number of hydrogen-bond acceptors (Lipinski definition) is 1. The van der Waals surface area contributed by atoms with E-state index in [2.05, 4.69) is 40.2 Å². The predicted octanol–water partition coefficient (Wildman–Crippen LogP) is 5.61. The second-order valence-corrected chi connectivity index (χ2v) is 6.78.